The number of rotatable bonds is 11. The molecule has 6 nitrogen and oxygen atoms in total. The maximum atomic E-state index is 13.8. The highest BCUT2D eigenvalue weighted by molar-refractivity contribution is 6.77. The topological polar surface area (TPSA) is 66.0 Å². The quantitative estimate of drug-likeness (QED) is 0.117. The zero-order chi connectivity index (χ0) is 29.1. The van der Waals surface area contributed by atoms with Gasteiger partial charge in [-0.1, -0.05) is 71.9 Å². The molecule has 2 aromatic carbocycles. The van der Waals surface area contributed by atoms with Crippen LogP contribution in [-0.4, -0.2) is 34.7 Å². The molecule has 41 heavy (non-hydrogen) atoms. The van der Waals surface area contributed by atoms with Gasteiger partial charge in [0.15, 0.2) is 8.32 Å². The van der Waals surface area contributed by atoms with Crippen molar-refractivity contribution in [3.8, 4) is 33.8 Å². The van der Waals surface area contributed by atoms with E-state index in [1.165, 1.54) is 18.5 Å². The number of hydrogen-bond donors (Lipinski definition) is 0. The molecule has 0 saturated carbocycles. The summed E-state index contributed by atoms with van der Waals surface area (Å²) in [6, 6.07) is 18.3. The van der Waals surface area contributed by atoms with Crippen LogP contribution < -0.4 is 0 Å². The van der Waals surface area contributed by atoms with E-state index in [-0.39, 0.29) is 5.82 Å². The third-order valence-electron chi connectivity index (χ3n) is 8.11. The number of fused-ring (bicyclic) bond motifs is 1. The number of benzene rings is 2. The van der Waals surface area contributed by atoms with Crippen molar-refractivity contribution in [2.45, 2.75) is 71.1 Å². The van der Waals surface area contributed by atoms with Crippen LogP contribution in [0.2, 0.25) is 16.6 Å². The highest BCUT2D eigenvalue weighted by atomic mass is 28.4. The molecule has 5 rings (SSSR count). The Kier molecular flexibility index (Phi) is 8.52. The van der Waals surface area contributed by atoms with Gasteiger partial charge < -0.3 is 8.84 Å². The number of halogens is 1. The van der Waals surface area contributed by atoms with E-state index >= 15 is 0 Å². The minimum Gasteiger partial charge on any atom is -0.438 e. The second kappa shape index (κ2) is 12.1. The zero-order valence-electron chi connectivity index (χ0n) is 24.8. The SMILES string of the molecule is CC(C)[Si](OCCCn1cc(-c2ncnc3oc(-c4ccccc4)cc23)c(-c2ccc(F)cc2)n1)(C(C)C)C(C)C. The van der Waals surface area contributed by atoms with E-state index in [4.69, 9.17) is 13.9 Å². The number of furan rings is 1. The second-order valence-corrected chi connectivity index (χ2v) is 17.1. The summed E-state index contributed by atoms with van der Waals surface area (Å²) in [5, 5.41) is 5.76. The lowest BCUT2D eigenvalue weighted by Gasteiger charge is -2.42. The number of hydrogen-bond acceptors (Lipinski definition) is 5. The van der Waals surface area contributed by atoms with E-state index in [9.17, 15) is 4.39 Å². The van der Waals surface area contributed by atoms with Gasteiger partial charge in [0, 0.05) is 36.0 Å². The van der Waals surface area contributed by atoms with E-state index in [0.29, 0.717) is 35.5 Å². The lowest BCUT2D eigenvalue weighted by atomic mass is 10.0. The van der Waals surface area contributed by atoms with Crippen molar-refractivity contribution in [3.63, 3.8) is 0 Å². The van der Waals surface area contributed by atoms with E-state index in [0.717, 1.165) is 45.6 Å². The summed E-state index contributed by atoms with van der Waals surface area (Å²) in [6.45, 7) is 15.2. The maximum Gasteiger partial charge on any atom is 0.230 e. The van der Waals surface area contributed by atoms with Gasteiger partial charge in [0.1, 0.15) is 23.6 Å². The van der Waals surface area contributed by atoms with E-state index in [1.54, 1.807) is 12.1 Å². The van der Waals surface area contributed by atoms with Gasteiger partial charge in [-0.05, 0) is 53.4 Å². The monoisotopic (exact) mass is 570 g/mol. The molecule has 0 aliphatic rings. The molecule has 214 valence electrons. The Labute approximate surface area is 242 Å². The minimum atomic E-state index is -1.93. The lowest BCUT2D eigenvalue weighted by Crippen LogP contribution is -2.48. The first kappa shape index (κ1) is 28.9. The van der Waals surface area contributed by atoms with Crippen LogP contribution in [0.15, 0.2) is 77.6 Å². The summed E-state index contributed by atoms with van der Waals surface area (Å²) in [7, 11) is -1.93. The van der Waals surface area contributed by atoms with Gasteiger partial charge in [-0.15, -0.1) is 0 Å². The Hall–Kier alpha value is -3.62. The van der Waals surface area contributed by atoms with Crippen LogP contribution in [0.3, 0.4) is 0 Å². The lowest BCUT2D eigenvalue weighted by molar-refractivity contribution is 0.263. The molecular formula is C33H39FN4O2Si. The molecule has 0 N–H and O–H groups in total. The third-order valence-corrected chi connectivity index (χ3v) is 14.2. The zero-order valence-corrected chi connectivity index (χ0v) is 25.8. The fourth-order valence-electron chi connectivity index (χ4n) is 6.32. The molecule has 0 aliphatic carbocycles. The van der Waals surface area contributed by atoms with Crippen LogP contribution in [0.4, 0.5) is 4.39 Å². The fourth-order valence-corrected chi connectivity index (χ4v) is 11.8. The summed E-state index contributed by atoms with van der Waals surface area (Å²) in [5.74, 6) is 0.440. The molecule has 3 aromatic heterocycles. The predicted octanol–water partition coefficient (Wildman–Crippen LogP) is 9.14. The molecule has 0 spiro atoms. The van der Waals surface area contributed by atoms with Crippen LogP contribution >= 0.6 is 0 Å². The highest BCUT2D eigenvalue weighted by Crippen LogP contribution is 2.42. The molecule has 3 heterocycles. The first-order valence-corrected chi connectivity index (χ1v) is 16.6. The molecule has 8 heteroatoms. The number of aryl methyl sites for hydroxylation is 1. The summed E-state index contributed by atoms with van der Waals surface area (Å²) in [6.07, 6.45) is 4.38. The number of aromatic nitrogens is 4. The molecular weight excluding hydrogens is 531 g/mol. The average Bonchev–Trinajstić information content (AvgIpc) is 3.58. The van der Waals surface area contributed by atoms with E-state index in [2.05, 4.69) is 51.5 Å². The molecule has 0 amide bonds. The first-order chi connectivity index (χ1) is 19.7. The Balaban J connectivity index is 1.47. The molecule has 0 bridgehead atoms. The maximum absolute atomic E-state index is 13.8. The summed E-state index contributed by atoms with van der Waals surface area (Å²) >= 11 is 0. The van der Waals surface area contributed by atoms with Crippen LogP contribution in [0.1, 0.15) is 48.0 Å². The van der Waals surface area contributed by atoms with Gasteiger partial charge in [-0.3, -0.25) is 4.68 Å². The van der Waals surface area contributed by atoms with Crippen molar-refractivity contribution in [3.05, 3.63) is 79.0 Å². The van der Waals surface area contributed by atoms with Crippen molar-refractivity contribution in [2.75, 3.05) is 6.61 Å². The Morgan fingerprint density at radius 2 is 1.54 bits per heavy atom. The molecule has 0 radical (unpaired) electrons. The van der Waals surface area contributed by atoms with Crippen LogP contribution in [-0.2, 0) is 11.0 Å². The highest BCUT2D eigenvalue weighted by Gasteiger charge is 2.44. The minimum absolute atomic E-state index is 0.285. The molecule has 5 aromatic rings. The van der Waals surface area contributed by atoms with Gasteiger partial charge in [0.25, 0.3) is 0 Å². The normalized spacial score (nSPS) is 12.3. The van der Waals surface area contributed by atoms with Gasteiger partial charge in [-0.25, -0.2) is 14.4 Å². The number of nitrogens with zero attached hydrogens (tertiary/aromatic N) is 4. The standard InChI is InChI=1S/C33H39FN4O2Si/c1-22(2)41(23(3)4,24(5)6)39-18-10-17-38-20-29(31(37-38)26-13-15-27(34)16-14-26)32-28-19-30(25-11-8-7-9-12-25)40-33(28)36-21-35-32/h7-9,11-16,19-24H,10,17-18H2,1-6H3. The molecule has 0 unspecified atom stereocenters. The molecule has 0 atom stereocenters. The third kappa shape index (κ3) is 5.76. The Bertz CT molecular complexity index is 1570. The van der Waals surface area contributed by atoms with Crippen molar-refractivity contribution >= 4 is 19.4 Å². The van der Waals surface area contributed by atoms with Gasteiger partial charge in [0.05, 0.1) is 11.1 Å². The molecule has 0 aliphatic heterocycles. The van der Waals surface area contributed by atoms with Gasteiger partial charge in [-0.2, -0.15) is 5.10 Å². The van der Waals surface area contributed by atoms with Crippen molar-refractivity contribution < 1.29 is 13.2 Å². The smallest absolute Gasteiger partial charge is 0.230 e. The van der Waals surface area contributed by atoms with Crippen LogP contribution in [0.5, 0.6) is 0 Å². The van der Waals surface area contributed by atoms with Crippen molar-refractivity contribution in [1.82, 2.24) is 19.7 Å². The van der Waals surface area contributed by atoms with Crippen molar-refractivity contribution in [1.29, 1.82) is 0 Å². The van der Waals surface area contributed by atoms with E-state index in [1.807, 2.05) is 47.3 Å². The summed E-state index contributed by atoms with van der Waals surface area (Å²) < 4.78 is 28.7. The van der Waals surface area contributed by atoms with Crippen LogP contribution in [0.25, 0.3) is 44.9 Å². The Morgan fingerprint density at radius 1 is 0.854 bits per heavy atom. The van der Waals surface area contributed by atoms with Crippen LogP contribution in [0, 0.1) is 5.82 Å². The molecule has 0 fully saturated rings. The molecule has 0 saturated heterocycles. The van der Waals surface area contributed by atoms with E-state index < -0.39 is 8.32 Å². The van der Waals surface area contributed by atoms with Gasteiger partial charge in [0.2, 0.25) is 5.71 Å². The first-order valence-electron chi connectivity index (χ1n) is 14.5. The van der Waals surface area contributed by atoms with Crippen molar-refractivity contribution in [2.24, 2.45) is 0 Å². The fraction of sp³-hybridized carbons (Fsp3) is 0.364. The second-order valence-electron chi connectivity index (χ2n) is 11.6. The average molecular weight is 571 g/mol. The summed E-state index contributed by atoms with van der Waals surface area (Å²) in [4.78, 5) is 9.06. The van der Waals surface area contributed by atoms with Gasteiger partial charge >= 0.3 is 0 Å². The predicted molar refractivity (Wildman–Crippen MR) is 165 cm³/mol. The summed E-state index contributed by atoms with van der Waals surface area (Å²) in [5.41, 5.74) is 6.24. The largest absolute Gasteiger partial charge is 0.438 e. The Morgan fingerprint density at radius 3 is 2.20 bits per heavy atom.